The van der Waals surface area contributed by atoms with Crippen LogP contribution in [-0.2, 0) is 5.60 Å². The van der Waals surface area contributed by atoms with Crippen molar-refractivity contribution in [2.24, 2.45) is 0 Å². The molecule has 0 saturated carbocycles. The number of hydrogen-bond donors (Lipinski definition) is 1. The molecule has 4 nitrogen and oxygen atoms in total. The first-order valence-corrected chi connectivity index (χ1v) is 7.73. The quantitative estimate of drug-likeness (QED) is 0.929. The van der Waals surface area contributed by atoms with Gasteiger partial charge in [0.2, 0.25) is 0 Å². The minimum atomic E-state index is -0.774. The Labute approximate surface area is 126 Å². The molecule has 2 aliphatic heterocycles. The predicted octanol–water partition coefficient (Wildman–Crippen LogP) is 2.54. The molecule has 2 fully saturated rings. The highest BCUT2D eigenvalue weighted by atomic mass is 16.5. The van der Waals surface area contributed by atoms with Crippen molar-refractivity contribution in [1.29, 1.82) is 0 Å². The van der Waals surface area contributed by atoms with Crippen LogP contribution in [0, 0.1) is 0 Å². The molecule has 2 heterocycles. The third kappa shape index (κ3) is 2.62. The van der Waals surface area contributed by atoms with Crippen LogP contribution in [-0.4, -0.2) is 43.4 Å². The summed E-state index contributed by atoms with van der Waals surface area (Å²) in [5.41, 5.74) is 0.146. The van der Waals surface area contributed by atoms with Gasteiger partial charge in [0.25, 0.3) is 0 Å². The van der Waals surface area contributed by atoms with Crippen LogP contribution >= 0.6 is 0 Å². The summed E-state index contributed by atoms with van der Waals surface area (Å²) in [5.74, 6) is 1.48. The minimum absolute atomic E-state index is 0.472. The van der Waals surface area contributed by atoms with Gasteiger partial charge in [0.1, 0.15) is 11.5 Å². The van der Waals surface area contributed by atoms with Crippen molar-refractivity contribution in [2.75, 3.05) is 21.3 Å². The van der Waals surface area contributed by atoms with E-state index in [1.54, 1.807) is 14.2 Å². The fourth-order valence-corrected chi connectivity index (χ4v) is 3.96. The topological polar surface area (TPSA) is 41.9 Å². The molecule has 0 spiro atoms. The summed E-state index contributed by atoms with van der Waals surface area (Å²) < 4.78 is 10.7. The van der Waals surface area contributed by atoms with E-state index >= 15 is 0 Å². The molecule has 0 radical (unpaired) electrons. The molecule has 2 saturated heterocycles. The summed E-state index contributed by atoms with van der Waals surface area (Å²) in [5, 5.41) is 11.3. The van der Waals surface area contributed by atoms with E-state index in [0.717, 1.165) is 29.9 Å². The van der Waals surface area contributed by atoms with Crippen molar-refractivity contribution in [2.45, 2.75) is 49.8 Å². The van der Waals surface area contributed by atoms with Crippen molar-refractivity contribution in [3.8, 4) is 11.5 Å². The van der Waals surface area contributed by atoms with E-state index in [1.807, 2.05) is 18.2 Å². The number of hydrogen-bond acceptors (Lipinski definition) is 4. The molecule has 1 aromatic rings. The summed E-state index contributed by atoms with van der Waals surface area (Å²) in [6, 6.07) is 6.69. The lowest BCUT2D eigenvalue weighted by Gasteiger charge is -2.50. The maximum atomic E-state index is 11.3. The summed E-state index contributed by atoms with van der Waals surface area (Å²) in [7, 11) is 5.48. The maximum absolute atomic E-state index is 11.3. The lowest BCUT2D eigenvalue weighted by Crippen LogP contribution is -2.55. The van der Waals surface area contributed by atoms with Gasteiger partial charge in [0.15, 0.2) is 0 Å². The van der Waals surface area contributed by atoms with Gasteiger partial charge in [-0.3, -0.25) is 0 Å². The summed E-state index contributed by atoms with van der Waals surface area (Å²) in [4.78, 5) is 2.45. The van der Waals surface area contributed by atoms with Crippen LogP contribution in [0.1, 0.15) is 37.7 Å². The fraction of sp³-hybridized carbons (Fsp3) is 0.647. The first kappa shape index (κ1) is 14.7. The van der Waals surface area contributed by atoms with Crippen LogP contribution in [0.2, 0.25) is 0 Å². The van der Waals surface area contributed by atoms with Crippen molar-refractivity contribution in [3.63, 3.8) is 0 Å². The van der Waals surface area contributed by atoms with Crippen LogP contribution in [0.15, 0.2) is 18.2 Å². The molecule has 1 aromatic carbocycles. The Morgan fingerprint density at radius 1 is 1.05 bits per heavy atom. The molecule has 1 N–H and O–H groups in total. The molecular weight excluding hydrogens is 266 g/mol. The molecule has 0 aromatic heterocycles. The Balaban J connectivity index is 1.95. The second-order valence-corrected chi connectivity index (χ2v) is 6.45. The zero-order valence-corrected chi connectivity index (χ0v) is 13.1. The van der Waals surface area contributed by atoms with E-state index in [2.05, 4.69) is 11.9 Å². The Morgan fingerprint density at radius 2 is 1.57 bits per heavy atom. The number of methoxy groups -OCH3 is 2. The normalized spacial score (nSPS) is 32.8. The van der Waals surface area contributed by atoms with Gasteiger partial charge in [-0.15, -0.1) is 0 Å². The largest absolute Gasteiger partial charge is 0.497 e. The summed E-state index contributed by atoms with van der Waals surface area (Å²) >= 11 is 0. The van der Waals surface area contributed by atoms with E-state index in [-0.39, 0.29) is 0 Å². The minimum Gasteiger partial charge on any atom is -0.497 e. The molecule has 21 heavy (non-hydrogen) atoms. The highest BCUT2D eigenvalue weighted by Gasteiger charge is 2.45. The van der Waals surface area contributed by atoms with Gasteiger partial charge in [0.05, 0.1) is 19.8 Å². The summed E-state index contributed by atoms with van der Waals surface area (Å²) in [6.45, 7) is 0. The Kier molecular flexibility index (Phi) is 3.84. The van der Waals surface area contributed by atoms with E-state index in [0.29, 0.717) is 12.1 Å². The van der Waals surface area contributed by atoms with E-state index in [4.69, 9.17) is 9.47 Å². The van der Waals surface area contributed by atoms with Gasteiger partial charge in [-0.25, -0.2) is 0 Å². The Bertz CT molecular complexity index is 481. The average molecular weight is 291 g/mol. The molecule has 2 aliphatic rings. The first-order chi connectivity index (χ1) is 10.1. The van der Waals surface area contributed by atoms with Crippen molar-refractivity contribution < 1.29 is 14.6 Å². The van der Waals surface area contributed by atoms with Gasteiger partial charge in [-0.05, 0) is 50.4 Å². The van der Waals surface area contributed by atoms with Gasteiger partial charge >= 0.3 is 0 Å². The van der Waals surface area contributed by atoms with Gasteiger partial charge in [-0.2, -0.15) is 0 Å². The number of aliphatic hydroxyl groups is 1. The van der Waals surface area contributed by atoms with Crippen LogP contribution in [0.25, 0.3) is 0 Å². The van der Waals surface area contributed by atoms with E-state index in [1.165, 1.54) is 19.3 Å². The maximum Gasteiger partial charge on any atom is 0.122 e. The monoisotopic (exact) mass is 291 g/mol. The Morgan fingerprint density at radius 3 is 2.05 bits per heavy atom. The smallest absolute Gasteiger partial charge is 0.122 e. The van der Waals surface area contributed by atoms with Crippen molar-refractivity contribution >= 4 is 0 Å². The SMILES string of the molecule is COc1cc(OC)cc(C2(O)CC3CCCC(C2)N3C)c1. The standard InChI is InChI=1S/C17H25NO3/c1-18-13-5-4-6-14(18)11-17(19,10-13)12-7-15(20-2)9-16(8-12)21-3/h7-9,13-14,19H,4-6,10-11H2,1-3H3. The molecule has 2 atom stereocenters. The Hall–Kier alpha value is -1.26. The molecule has 4 heteroatoms. The number of benzene rings is 1. The lowest BCUT2D eigenvalue weighted by molar-refractivity contribution is -0.0876. The zero-order valence-electron chi connectivity index (χ0n) is 13.1. The second-order valence-electron chi connectivity index (χ2n) is 6.45. The van der Waals surface area contributed by atoms with Crippen LogP contribution in [0.3, 0.4) is 0 Å². The zero-order chi connectivity index (χ0) is 15.0. The molecular formula is C17H25NO3. The van der Waals surface area contributed by atoms with Crippen LogP contribution in [0.5, 0.6) is 11.5 Å². The number of piperidine rings is 2. The van der Waals surface area contributed by atoms with E-state index < -0.39 is 5.60 Å². The highest BCUT2D eigenvalue weighted by Crippen LogP contribution is 2.45. The van der Waals surface area contributed by atoms with Crippen LogP contribution in [0.4, 0.5) is 0 Å². The highest BCUT2D eigenvalue weighted by molar-refractivity contribution is 5.41. The molecule has 2 bridgehead atoms. The third-order valence-electron chi connectivity index (χ3n) is 5.26. The van der Waals surface area contributed by atoms with E-state index in [9.17, 15) is 5.11 Å². The van der Waals surface area contributed by atoms with Gasteiger partial charge < -0.3 is 19.5 Å². The second kappa shape index (κ2) is 5.50. The molecule has 2 unspecified atom stereocenters. The molecule has 0 amide bonds. The van der Waals surface area contributed by atoms with Gasteiger partial charge in [0, 0.05) is 18.2 Å². The average Bonchev–Trinajstić information content (AvgIpc) is 2.48. The number of nitrogens with zero attached hydrogens (tertiary/aromatic N) is 1. The number of ether oxygens (including phenoxy) is 2. The molecule has 116 valence electrons. The van der Waals surface area contributed by atoms with Crippen molar-refractivity contribution in [1.82, 2.24) is 4.90 Å². The van der Waals surface area contributed by atoms with Crippen LogP contribution < -0.4 is 9.47 Å². The first-order valence-electron chi connectivity index (χ1n) is 7.73. The molecule has 3 rings (SSSR count). The predicted molar refractivity (Wildman–Crippen MR) is 81.9 cm³/mol. The summed E-state index contributed by atoms with van der Waals surface area (Å²) in [6.07, 6.45) is 5.21. The number of fused-ring (bicyclic) bond motifs is 2. The fourth-order valence-electron chi connectivity index (χ4n) is 3.96. The van der Waals surface area contributed by atoms with Crippen molar-refractivity contribution in [3.05, 3.63) is 23.8 Å². The molecule has 0 aliphatic carbocycles. The van der Waals surface area contributed by atoms with Gasteiger partial charge in [-0.1, -0.05) is 6.42 Å². The number of rotatable bonds is 3. The third-order valence-corrected chi connectivity index (χ3v) is 5.26. The lowest BCUT2D eigenvalue weighted by atomic mass is 9.73.